The summed E-state index contributed by atoms with van der Waals surface area (Å²) in [6, 6.07) is 78.4. The molecule has 0 spiro atoms. The maximum absolute atomic E-state index is 6.95. The van der Waals surface area contributed by atoms with Gasteiger partial charge in [0.15, 0.2) is 0 Å². The Bertz CT molecular complexity index is 3370. The summed E-state index contributed by atoms with van der Waals surface area (Å²) in [6.07, 6.45) is -2.49. The Labute approximate surface area is 382 Å². The molecule has 9 aromatic rings. The molecule has 0 fully saturated rings. The van der Waals surface area contributed by atoms with Crippen molar-refractivity contribution < 1.29 is 0 Å². The van der Waals surface area contributed by atoms with Gasteiger partial charge < -0.3 is 9.57 Å². The van der Waals surface area contributed by atoms with Crippen LogP contribution in [-0.2, 0) is 22.6 Å². The maximum atomic E-state index is 6.95. The maximum Gasteiger partial charge on any atom is 0.0979 e. The minimum absolute atomic E-state index is 0.117. The molecule has 0 amide bonds. The number of hydrogen-bond acceptors (Lipinski definition) is 2. The molecular weight excluding hydrogens is 812 g/mol. The molecule has 3 aliphatic rings. The summed E-state index contributed by atoms with van der Waals surface area (Å²) in [4.78, 5) is 2.50. The molecular formula is C60H47N2PS. The summed E-state index contributed by atoms with van der Waals surface area (Å²) in [5.41, 5.74) is 21.0. The third-order valence-corrected chi connectivity index (χ3v) is 19.0. The monoisotopic (exact) mass is 858 g/mol. The first-order valence-corrected chi connectivity index (χ1v) is 25.0. The molecule has 64 heavy (non-hydrogen) atoms. The summed E-state index contributed by atoms with van der Waals surface area (Å²) < 4.78 is 2.47. The van der Waals surface area contributed by atoms with Gasteiger partial charge in [-0.1, -0.05) is 197 Å². The number of anilines is 5. The molecule has 12 rings (SSSR count). The molecule has 0 aromatic heterocycles. The zero-order chi connectivity index (χ0) is 43.4. The fourth-order valence-corrected chi connectivity index (χ4v) is 15.5. The second-order valence-electron chi connectivity index (χ2n) is 18.5. The summed E-state index contributed by atoms with van der Waals surface area (Å²) in [7, 11) is 0. The van der Waals surface area contributed by atoms with Crippen LogP contribution in [0.3, 0.4) is 0 Å². The van der Waals surface area contributed by atoms with Gasteiger partial charge >= 0.3 is 0 Å². The van der Waals surface area contributed by atoms with Gasteiger partial charge in [0.05, 0.1) is 17.6 Å². The molecule has 1 atom stereocenters. The van der Waals surface area contributed by atoms with Gasteiger partial charge in [0.1, 0.15) is 0 Å². The van der Waals surface area contributed by atoms with Gasteiger partial charge in [-0.15, -0.1) is 0 Å². The molecule has 0 saturated carbocycles. The van der Waals surface area contributed by atoms with Gasteiger partial charge in [0.2, 0.25) is 0 Å². The van der Waals surface area contributed by atoms with Crippen LogP contribution in [0, 0.1) is 0 Å². The van der Waals surface area contributed by atoms with Crippen molar-refractivity contribution in [2.24, 2.45) is 0 Å². The van der Waals surface area contributed by atoms with E-state index in [4.69, 9.17) is 11.8 Å². The van der Waals surface area contributed by atoms with Gasteiger partial charge in [0, 0.05) is 49.6 Å². The zero-order valence-corrected chi connectivity index (χ0v) is 38.2. The predicted octanol–water partition coefficient (Wildman–Crippen LogP) is 15.6. The highest BCUT2D eigenvalue weighted by Gasteiger charge is 2.41. The van der Waals surface area contributed by atoms with Crippen LogP contribution in [-0.4, -0.2) is 0 Å². The van der Waals surface area contributed by atoms with Crippen molar-refractivity contribution in [2.75, 3.05) is 9.57 Å². The Morgan fingerprint density at radius 2 is 0.984 bits per heavy atom. The van der Waals surface area contributed by atoms with Crippen molar-refractivity contribution in [3.8, 4) is 44.5 Å². The Morgan fingerprint density at radius 3 is 1.73 bits per heavy atom. The SMILES string of the molecule is CC1(C)c2ccccc2-c2ccc(N(c3ccc(-c4ccc5c(c4)-c4ccccc4P(=S)(c4ccccc4)N5c4ccccc4)cc3)c3cccc4c3-c3ccccc3C4(C)C)cc21. The van der Waals surface area contributed by atoms with Gasteiger partial charge in [-0.2, -0.15) is 0 Å². The van der Waals surface area contributed by atoms with E-state index in [1.807, 2.05) is 0 Å². The first-order chi connectivity index (χ1) is 31.2. The Kier molecular flexibility index (Phi) is 8.73. The van der Waals surface area contributed by atoms with Crippen LogP contribution in [0.25, 0.3) is 44.5 Å². The molecule has 4 heteroatoms. The fraction of sp³-hybridized carbons (Fsp3) is 0.100. The van der Waals surface area contributed by atoms with E-state index in [0.717, 1.165) is 22.7 Å². The fourth-order valence-electron chi connectivity index (χ4n) is 11.1. The number of nitrogens with zero attached hydrogens (tertiary/aromatic N) is 2. The van der Waals surface area contributed by atoms with E-state index in [0.29, 0.717) is 0 Å². The molecule has 0 saturated heterocycles. The quantitative estimate of drug-likeness (QED) is 0.154. The largest absolute Gasteiger partial charge is 0.310 e. The summed E-state index contributed by atoms with van der Waals surface area (Å²) in [5, 5.41) is 2.40. The number of fused-ring (bicyclic) bond motifs is 9. The molecule has 1 unspecified atom stereocenters. The van der Waals surface area contributed by atoms with Crippen molar-refractivity contribution in [1.82, 2.24) is 0 Å². The molecule has 308 valence electrons. The van der Waals surface area contributed by atoms with Gasteiger partial charge in [-0.05, 0) is 110 Å². The van der Waals surface area contributed by atoms with E-state index >= 15 is 0 Å². The Balaban J connectivity index is 1.01. The second kappa shape index (κ2) is 14.4. The van der Waals surface area contributed by atoms with Crippen LogP contribution in [0.4, 0.5) is 28.4 Å². The summed E-state index contributed by atoms with van der Waals surface area (Å²) in [6.45, 7) is 9.47. The van der Waals surface area contributed by atoms with Crippen LogP contribution >= 0.6 is 6.19 Å². The minimum atomic E-state index is -2.49. The molecule has 0 radical (unpaired) electrons. The van der Waals surface area contributed by atoms with E-state index < -0.39 is 6.19 Å². The Morgan fingerprint density at radius 1 is 0.422 bits per heavy atom. The van der Waals surface area contributed by atoms with Crippen LogP contribution in [0.2, 0.25) is 0 Å². The summed E-state index contributed by atoms with van der Waals surface area (Å²) in [5.74, 6) is 0. The van der Waals surface area contributed by atoms with Crippen molar-refractivity contribution in [3.05, 3.63) is 235 Å². The van der Waals surface area contributed by atoms with Crippen LogP contribution in [0.1, 0.15) is 49.9 Å². The normalized spacial score (nSPS) is 16.8. The average molecular weight is 859 g/mol. The lowest BCUT2D eigenvalue weighted by Gasteiger charge is -2.43. The lowest BCUT2D eigenvalue weighted by molar-refractivity contribution is 0.660. The number of benzene rings is 9. The third kappa shape index (κ3) is 5.61. The van der Waals surface area contributed by atoms with Crippen LogP contribution in [0.5, 0.6) is 0 Å². The van der Waals surface area contributed by atoms with Gasteiger partial charge in [-0.3, -0.25) is 0 Å². The number of rotatable bonds is 6. The van der Waals surface area contributed by atoms with Crippen molar-refractivity contribution in [3.63, 3.8) is 0 Å². The van der Waals surface area contributed by atoms with Crippen molar-refractivity contribution in [1.29, 1.82) is 0 Å². The lowest BCUT2D eigenvalue weighted by atomic mass is 9.82. The van der Waals surface area contributed by atoms with Gasteiger partial charge in [-0.25, -0.2) is 0 Å². The average Bonchev–Trinajstić information content (AvgIpc) is 3.72. The first kappa shape index (κ1) is 38.9. The van der Waals surface area contributed by atoms with E-state index in [1.54, 1.807) is 0 Å². The molecule has 0 bridgehead atoms. The summed E-state index contributed by atoms with van der Waals surface area (Å²) >= 11 is 6.95. The number of hydrogen-bond donors (Lipinski definition) is 0. The molecule has 2 nitrogen and oxygen atoms in total. The highest BCUT2D eigenvalue weighted by Crippen LogP contribution is 2.62. The van der Waals surface area contributed by atoms with Crippen LogP contribution < -0.4 is 20.2 Å². The molecule has 2 aliphatic carbocycles. The van der Waals surface area contributed by atoms with E-state index in [9.17, 15) is 0 Å². The molecule has 1 heterocycles. The zero-order valence-electron chi connectivity index (χ0n) is 36.5. The minimum Gasteiger partial charge on any atom is -0.310 e. The molecule has 9 aromatic carbocycles. The third-order valence-electron chi connectivity index (χ3n) is 14.2. The Hall–Kier alpha value is -6.77. The first-order valence-electron chi connectivity index (χ1n) is 22.3. The topological polar surface area (TPSA) is 6.48 Å². The van der Waals surface area contributed by atoms with Crippen LogP contribution in [0.15, 0.2) is 212 Å². The van der Waals surface area contributed by atoms with E-state index in [1.165, 1.54) is 83.1 Å². The lowest BCUT2D eigenvalue weighted by Crippen LogP contribution is -2.33. The van der Waals surface area contributed by atoms with E-state index in [-0.39, 0.29) is 10.8 Å². The number of para-hydroxylation sites is 1. The van der Waals surface area contributed by atoms with Gasteiger partial charge in [0.25, 0.3) is 0 Å². The molecule has 1 aliphatic heterocycles. The molecule has 0 N–H and O–H groups in total. The second-order valence-corrected chi connectivity index (χ2v) is 22.6. The van der Waals surface area contributed by atoms with Crippen molar-refractivity contribution >= 4 is 57.0 Å². The predicted molar refractivity (Wildman–Crippen MR) is 276 cm³/mol. The highest BCUT2D eigenvalue weighted by atomic mass is 32.4. The highest BCUT2D eigenvalue weighted by molar-refractivity contribution is 8.23. The smallest absolute Gasteiger partial charge is 0.0979 e. The standard InChI is InChI=1S/C60H47N2PS/c1-59(2)52-26-15-12-24-49(52)58-53(59)27-17-28-56(58)61(44-35-36-47-46-22-11-14-25-51(46)60(3,4)54(47)39-44)42-33-30-40(31-34-42)41-32-37-55-50(38-41)48-23-13-16-29-57(48)63(64,45-20-9-6-10-21-45)62(55)43-18-7-5-8-19-43/h5-39H,1-4H3. The van der Waals surface area contributed by atoms with E-state index in [2.05, 4.69) is 250 Å². The van der Waals surface area contributed by atoms with Crippen molar-refractivity contribution in [2.45, 2.75) is 38.5 Å².